The molecule has 1 aliphatic rings. The Hall–Kier alpha value is -2.26. The molecule has 1 unspecified atom stereocenters. The summed E-state index contributed by atoms with van der Waals surface area (Å²) in [7, 11) is 1.38. The summed E-state index contributed by atoms with van der Waals surface area (Å²) in [5.74, 6) is 5.30. The SMILES string of the molecule is CC#CCCC(C)(O)/C=C/[C@@H]1[C@@H](C/C=C\CCCC(=O)OC)[C@@H](N=[N+]=[N-])C[C@H]1O. The monoisotopic (exact) mass is 403 g/mol. The van der Waals surface area contributed by atoms with Crippen molar-refractivity contribution in [2.24, 2.45) is 17.0 Å². The van der Waals surface area contributed by atoms with Crippen LogP contribution in [-0.2, 0) is 9.53 Å². The lowest BCUT2D eigenvalue weighted by atomic mass is 9.87. The van der Waals surface area contributed by atoms with Gasteiger partial charge in [-0.15, -0.1) is 11.8 Å². The van der Waals surface area contributed by atoms with Crippen molar-refractivity contribution < 1.29 is 19.7 Å². The molecule has 0 bridgehead atoms. The fourth-order valence-electron chi connectivity index (χ4n) is 3.59. The average Bonchev–Trinajstić information content (AvgIpc) is 2.97. The number of unbranched alkanes of at least 4 members (excludes halogenated alkanes) is 1. The van der Waals surface area contributed by atoms with Gasteiger partial charge in [0.25, 0.3) is 0 Å². The zero-order valence-electron chi connectivity index (χ0n) is 17.6. The zero-order chi connectivity index (χ0) is 21.7. The average molecular weight is 404 g/mol. The summed E-state index contributed by atoms with van der Waals surface area (Å²) in [6.45, 7) is 3.49. The number of hydrogen-bond acceptors (Lipinski definition) is 5. The molecule has 0 aliphatic heterocycles. The first-order valence-electron chi connectivity index (χ1n) is 10.1. The maximum absolute atomic E-state index is 11.1. The smallest absolute Gasteiger partial charge is 0.305 e. The molecule has 1 aliphatic carbocycles. The molecule has 0 heterocycles. The second kappa shape index (κ2) is 13.1. The number of aliphatic hydroxyl groups is 2. The van der Waals surface area contributed by atoms with Gasteiger partial charge < -0.3 is 14.9 Å². The molecule has 29 heavy (non-hydrogen) atoms. The summed E-state index contributed by atoms with van der Waals surface area (Å²) in [6, 6.07) is -0.291. The van der Waals surface area contributed by atoms with Crippen molar-refractivity contribution in [3.63, 3.8) is 0 Å². The summed E-state index contributed by atoms with van der Waals surface area (Å²) < 4.78 is 4.62. The molecule has 2 N–H and O–H groups in total. The molecule has 0 spiro atoms. The first-order valence-corrected chi connectivity index (χ1v) is 10.1. The number of carbonyl (C=O) groups excluding carboxylic acids is 1. The molecule has 0 amide bonds. The lowest BCUT2D eigenvalue weighted by Gasteiger charge is -2.23. The molecule has 160 valence electrons. The number of nitrogens with zero attached hydrogens (tertiary/aromatic N) is 3. The van der Waals surface area contributed by atoms with E-state index in [0.29, 0.717) is 38.5 Å². The number of hydrogen-bond donors (Lipinski definition) is 2. The van der Waals surface area contributed by atoms with E-state index in [1.165, 1.54) is 7.11 Å². The van der Waals surface area contributed by atoms with E-state index in [0.717, 1.165) is 6.42 Å². The van der Waals surface area contributed by atoms with Crippen LogP contribution >= 0.6 is 0 Å². The van der Waals surface area contributed by atoms with Crippen LogP contribution < -0.4 is 0 Å². The van der Waals surface area contributed by atoms with Crippen LogP contribution in [0.2, 0.25) is 0 Å². The van der Waals surface area contributed by atoms with E-state index in [1.807, 2.05) is 18.2 Å². The van der Waals surface area contributed by atoms with Crippen LogP contribution in [0.25, 0.3) is 10.4 Å². The Morgan fingerprint density at radius 2 is 2.21 bits per heavy atom. The number of ether oxygens (including phenoxy) is 1. The van der Waals surface area contributed by atoms with Crippen molar-refractivity contribution in [2.75, 3.05) is 7.11 Å². The van der Waals surface area contributed by atoms with Crippen molar-refractivity contribution in [2.45, 2.75) is 76.5 Å². The second-order valence-corrected chi connectivity index (χ2v) is 7.64. The summed E-state index contributed by atoms with van der Waals surface area (Å²) in [4.78, 5) is 14.1. The quantitative estimate of drug-likeness (QED) is 0.103. The van der Waals surface area contributed by atoms with Gasteiger partial charge in [0.1, 0.15) is 0 Å². The van der Waals surface area contributed by atoms with E-state index < -0.39 is 11.7 Å². The highest BCUT2D eigenvalue weighted by atomic mass is 16.5. The van der Waals surface area contributed by atoms with Crippen molar-refractivity contribution in [3.05, 3.63) is 34.7 Å². The van der Waals surface area contributed by atoms with Crippen molar-refractivity contribution >= 4 is 5.97 Å². The van der Waals surface area contributed by atoms with E-state index in [9.17, 15) is 15.0 Å². The third-order valence-electron chi connectivity index (χ3n) is 5.28. The minimum Gasteiger partial charge on any atom is -0.469 e. The molecule has 1 fully saturated rings. The predicted octanol–water partition coefficient (Wildman–Crippen LogP) is 4.06. The number of carbonyl (C=O) groups is 1. The minimum atomic E-state index is -1.01. The predicted molar refractivity (Wildman–Crippen MR) is 113 cm³/mol. The topological polar surface area (TPSA) is 116 Å². The molecule has 5 atom stereocenters. The highest BCUT2D eigenvalue weighted by Crippen LogP contribution is 2.38. The number of esters is 1. The first kappa shape index (κ1) is 24.8. The third-order valence-corrected chi connectivity index (χ3v) is 5.28. The van der Waals surface area contributed by atoms with E-state index in [1.54, 1.807) is 19.9 Å². The Bertz CT molecular complexity index is 684. The van der Waals surface area contributed by atoms with Gasteiger partial charge in [-0.3, -0.25) is 4.79 Å². The van der Waals surface area contributed by atoms with Gasteiger partial charge in [-0.25, -0.2) is 0 Å². The van der Waals surface area contributed by atoms with E-state index in [-0.39, 0.29) is 23.8 Å². The highest BCUT2D eigenvalue weighted by Gasteiger charge is 2.40. The lowest BCUT2D eigenvalue weighted by Crippen LogP contribution is -2.23. The van der Waals surface area contributed by atoms with Crippen LogP contribution in [0.4, 0.5) is 0 Å². The first-order chi connectivity index (χ1) is 13.8. The Kier molecular flexibility index (Phi) is 11.2. The van der Waals surface area contributed by atoms with E-state index in [4.69, 9.17) is 5.53 Å². The molecular formula is C22H33N3O4. The molecule has 0 saturated heterocycles. The maximum atomic E-state index is 11.1. The maximum Gasteiger partial charge on any atom is 0.305 e. The zero-order valence-corrected chi connectivity index (χ0v) is 17.6. The van der Waals surface area contributed by atoms with Crippen LogP contribution in [0.5, 0.6) is 0 Å². The molecule has 0 aromatic carbocycles. The van der Waals surface area contributed by atoms with Crippen LogP contribution in [0.1, 0.15) is 58.8 Å². The largest absolute Gasteiger partial charge is 0.469 e. The standard InChI is InChI=1S/C22H33N3O4/c1-4-5-10-14-22(2,28)15-13-18-17(19(24-25-23)16-20(18)26)11-8-6-7-9-12-21(27)29-3/h6,8,13,15,17-20,26,28H,7,9-12,14,16H2,1-3H3/b8-6-,15-13+/t17-,18-,19+,20-,22?/m1/s1. The van der Waals surface area contributed by atoms with Crippen LogP contribution in [-0.4, -0.2) is 41.0 Å². The van der Waals surface area contributed by atoms with Gasteiger partial charge in [0.2, 0.25) is 0 Å². The Morgan fingerprint density at radius 3 is 2.86 bits per heavy atom. The minimum absolute atomic E-state index is 0.0414. The highest BCUT2D eigenvalue weighted by molar-refractivity contribution is 5.69. The van der Waals surface area contributed by atoms with Gasteiger partial charge in [0.05, 0.1) is 18.8 Å². The number of allylic oxidation sites excluding steroid dienone is 2. The summed E-state index contributed by atoms with van der Waals surface area (Å²) in [5, 5.41) is 24.9. The Morgan fingerprint density at radius 1 is 1.45 bits per heavy atom. The van der Waals surface area contributed by atoms with Gasteiger partial charge in [0, 0.05) is 29.7 Å². The van der Waals surface area contributed by atoms with Crippen LogP contribution in [0, 0.1) is 23.7 Å². The van der Waals surface area contributed by atoms with Gasteiger partial charge in [-0.1, -0.05) is 29.4 Å². The van der Waals surface area contributed by atoms with Crippen LogP contribution in [0.15, 0.2) is 29.4 Å². The second-order valence-electron chi connectivity index (χ2n) is 7.64. The number of rotatable bonds is 11. The summed E-state index contributed by atoms with van der Waals surface area (Å²) in [5.41, 5.74) is 7.85. The van der Waals surface area contributed by atoms with Crippen molar-refractivity contribution in [3.8, 4) is 11.8 Å². The number of aliphatic hydroxyl groups excluding tert-OH is 1. The summed E-state index contributed by atoms with van der Waals surface area (Å²) >= 11 is 0. The van der Waals surface area contributed by atoms with Gasteiger partial charge in [-0.05, 0) is 57.4 Å². The molecule has 7 heteroatoms. The summed E-state index contributed by atoms with van der Waals surface area (Å²) in [6.07, 6.45) is 11.0. The lowest BCUT2D eigenvalue weighted by molar-refractivity contribution is -0.140. The molecule has 1 rings (SSSR count). The van der Waals surface area contributed by atoms with Crippen LogP contribution in [0.3, 0.4) is 0 Å². The van der Waals surface area contributed by atoms with Crippen molar-refractivity contribution in [1.29, 1.82) is 0 Å². The third kappa shape index (κ3) is 9.19. The van der Waals surface area contributed by atoms with E-state index in [2.05, 4.69) is 26.6 Å². The normalized spacial score (nSPS) is 26.0. The number of methoxy groups -OCH3 is 1. The van der Waals surface area contributed by atoms with Gasteiger partial charge in [0.15, 0.2) is 0 Å². The molecule has 0 radical (unpaired) electrons. The molecule has 0 aromatic rings. The van der Waals surface area contributed by atoms with Gasteiger partial charge >= 0.3 is 5.97 Å². The van der Waals surface area contributed by atoms with Crippen molar-refractivity contribution in [1.82, 2.24) is 0 Å². The molecule has 1 saturated carbocycles. The Labute approximate surface area is 173 Å². The number of azide groups is 1. The van der Waals surface area contributed by atoms with Gasteiger partial charge in [-0.2, -0.15) is 0 Å². The molecule has 7 nitrogen and oxygen atoms in total. The molecule has 0 aromatic heterocycles. The fraction of sp³-hybridized carbons (Fsp3) is 0.682. The van der Waals surface area contributed by atoms with E-state index >= 15 is 0 Å². The molecular weight excluding hydrogens is 370 g/mol. The fourth-order valence-corrected chi connectivity index (χ4v) is 3.59. The Balaban J connectivity index is 2.74.